The molecular weight excluding hydrogens is 219 g/mol. The van der Waals surface area contributed by atoms with Crippen LogP contribution < -0.4 is 0 Å². The summed E-state index contributed by atoms with van der Waals surface area (Å²) in [4.78, 5) is 10.5. The van der Waals surface area contributed by atoms with Gasteiger partial charge < -0.3 is 5.11 Å². The lowest BCUT2D eigenvalue weighted by molar-refractivity contribution is -0.137. The molecule has 15 heavy (non-hydrogen) atoms. The second-order valence-corrected chi connectivity index (χ2v) is 4.03. The first kappa shape index (κ1) is 12.0. The molecule has 0 aliphatic carbocycles. The molecule has 0 heterocycles. The minimum Gasteiger partial charge on any atom is -0.481 e. The third kappa shape index (κ3) is 2.93. The smallest absolute Gasteiger partial charge is 0.303 e. The van der Waals surface area contributed by atoms with Crippen LogP contribution in [0.4, 0.5) is 4.39 Å². The summed E-state index contributed by atoms with van der Waals surface area (Å²) in [6.07, 6.45) is -0.0853. The van der Waals surface area contributed by atoms with Gasteiger partial charge in [0, 0.05) is 5.02 Å². The number of carbonyl (C=O) groups is 1. The summed E-state index contributed by atoms with van der Waals surface area (Å²) >= 11 is 5.74. The first-order valence-corrected chi connectivity index (χ1v) is 4.97. The Morgan fingerprint density at radius 3 is 2.73 bits per heavy atom. The lowest BCUT2D eigenvalue weighted by atomic mass is 9.96. The molecular formula is C11H12ClFO2. The highest BCUT2D eigenvalue weighted by Gasteiger charge is 2.15. The van der Waals surface area contributed by atoms with Crippen LogP contribution in [-0.4, -0.2) is 11.1 Å². The maximum Gasteiger partial charge on any atom is 0.303 e. The number of aryl methyl sites for hydroxylation is 1. The van der Waals surface area contributed by atoms with Gasteiger partial charge in [0.2, 0.25) is 0 Å². The second kappa shape index (κ2) is 4.62. The van der Waals surface area contributed by atoms with Crippen molar-refractivity contribution < 1.29 is 14.3 Å². The standard InChI is InChI=1S/C11H12ClFO2/c1-6(4-11(14)15)8-3-7(2)9(12)5-10(8)13/h3,5-6H,4H2,1-2H3,(H,14,15). The van der Waals surface area contributed by atoms with Gasteiger partial charge in [0.15, 0.2) is 0 Å². The number of benzene rings is 1. The summed E-state index contributed by atoms with van der Waals surface area (Å²) in [5.41, 5.74) is 1.16. The molecule has 0 amide bonds. The number of aliphatic carboxylic acids is 1. The van der Waals surface area contributed by atoms with E-state index < -0.39 is 11.8 Å². The number of rotatable bonds is 3. The SMILES string of the molecule is Cc1cc(C(C)CC(=O)O)c(F)cc1Cl. The predicted octanol–water partition coefficient (Wildman–Crippen LogP) is 3.37. The Balaban J connectivity index is 3.03. The molecule has 1 rings (SSSR count). The fourth-order valence-corrected chi connectivity index (χ4v) is 1.58. The molecule has 0 bridgehead atoms. The Kier molecular flexibility index (Phi) is 3.69. The van der Waals surface area contributed by atoms with Gasteiger partial charge in [-0.05, 0) is 30.0 Å². The highest BCUT2D eigenvalue weighted by atomic mass is 35.5. The quantitative estimate of drug-likeness (QED) is 0.865. The molecule has 1 atom stereocenters. The van der Waals surface area contributed by atoms with Gasteiger partial charge in [-0.1, -0.05) is 24.6 Å². The van der Waals surface area contributed by atoms with Gasteiger partial charge >= 0.3 is 5.97 Å². The average Bonchev–Trinajstić information content (AvgIpc) is 2.09. The van der Waals surface area contributed by atoms with E-state index in [0.29, 0.717) is 10.6 Å². The molecule has 0 aliphatic rings. The minimum atomic E-state index is -0.936. The van der Waals surface area contributed by atoms with E-state index in [9.17, 15) is 9.18 Å². The zero-order valence-corrected chi connectivity index (χ0v) is 9.31. The fraction of sp³-hybridized carbons (Fsp3) is 0.364. The molecule has 0 saturated carbocycles. The van der Waals surface area contributed by atoms with Crippen molar-refractivity contribution in [3.8, 4) is 0 Å². The van der Waals surface area contributed by atoms with Crippen LogP contribution in [0.25, 0.3) is 0 Å². The van der Waals surface area contributed by atoms with Gasteiger partial charge in [0.25, 0.3) is 0 Å². The van der Waals surface area contributed by atoms with Crippen LogP contribution in [0.2, 0.25) is 5.02 Å². The van der Waals surface area contributed by atoms with E-state index in [1.54, 1.807) is 19.9 Å². The van der Waals surface area contributed by atoms with Gasteiger partial charge in [0.1, 0.15) is 5.82 Å². The van der Waals surface area contributed by atoms with Crippen molar-refractivity contribution >= 4 is 17.6 Å². The first-order valence-electron chi connectivity index (χ1n) is 4.59. The van der Waals surface area contributed by atoms with Gasteiger partial charge in [0.05, 0.1) is 6.42 Å². The lowest BCUT2D eigenvalue weighted by Crippen LogP contribution is -2.05. The summed E-state index contributed by atoms with van der Waals surface area (Å²) in [5, 5.41) is 8.97. The van der Waals surface area contributed by atoms with E-state index in [1.165, 1.54) is 6.07 Å². The Morgan fingerprint density at radius 2 is 2.20 bits per heavy atom. The Hall–Kier alpha value is -1.09. The van der Waals surface area contributed by atoms with E-state index in [-0.39, 0.29) is 12.3 Å². The zero-order chi connectivity index (χ0) is 11.6. The molecule has 0 fully saturated rings. The largest absolute Gasteiger partial charge is 0.481 e. The van der Waals surface area contributed by atoms with Gasteiger partial charge in [-0.25, -0.2) is 4.39 Å². The van der Waals surface area contributed by atoms with Crippen molar-refractivity contribution in [1.29, 1.82) is 0 Å². The molecule has 1 aromatic rings. The highest BCUT2D eigenvalue weighted by Crippen LogP contribution is 2.27. The fourth-order valence-electron chi connectivity index (χ4n) is 1.43. The van der Waals surface area contributed by atoms with Crippen LogP contribution >= 0.6 is 11.6 Å². The van der Waals surface area contributed by atoms with Crippen LogP contribution in [0.15, 0.2) is 12.1 Å². The van der Waals surface area contributed by atoms with Crippen LogP contribution in [0.3, 0.4) is 0 Å². The Labute approximate surface area is 92.7 Å². The molecule has 1 N–H and O–H groups in total. The molecule has 0 aliphatic heterocycles. The van der Waals surface area contributed by atoms with E-state index >= 15 is 0 Å². The monoisotopic (exact) mass is 230 g/mol. The molecule has 4 heteroatoms. The Morgan fingerprint density at radius 1 is 1.60 bits per heavy atom. The minimum absolute atomic E-state index is 0.0853. The van der Waals surface area contributed by atoms with Gasteiger partial charge in [-0.2, -0.15) is 0 Å². The van der Waals surface area contributed by atoms with Crippen molar-refractivity contribution in [2.45, 2.75) is 26.2 Å². The zero-order valence-electron chi connectivity index (χ0n) is 8.55. The molecule has 82 valence electrons. The Bertz CT molecular complexity index is 390. The highest BCUT2D eigenvalue weighted by molar-refractivity contribution is 6.31. The maximum absolute atomic E-state index is 13.5. The summed E-state index contributed by atoms with van der Waals surface area (Å²) < 4.78 is 13.5. The normalized spacial score (nSPS) is 12.5. The third-order valence-corrected chi connectivity index (χ3v) is 2.70. The summed E-state index contributed by atoms with van der Waals surface area (Å²) in [7, 11) is 0. The molecule has 1 aromatic carbocycles. The van der Waals surface area contributed by atoms with Crippen LogP contribution in [0, 0.1) is 12.7 Å². The molecule has 1 unspecified atom stereocenters. The van der Waals surface area contributed by atoms with E-state index in [0.717, 1.165) is 5.56 Å². The number of carboxylic acids is 1. The first-order chi connectivity index (χ1) is 6.91. The topological polar surface area (TPSA) is 37.3 Å². The van der Waals surface area contributed by atoms with Crippen molar-refractivity contribution in [2.24, 2.45) is 0 Å². The maximum atomic E-state index is 13.5. The predicted molar refractivity (Wildman–Crippen MR) is 56.8 cm³/mol. The van der Waals surface area contributed by atoms with Crippen molar-refractivity contribution in [3.63, 3.8) is 0 Å². The van der Waals surface area contributed by atoms with Crippen molar-refractivity contribution in [2.75, 3.05) is 0 Å². The average molecular weight is 231 g/mol. The number of hydrogen-bond donors (Lipinski definition) is 1. The van der Waals surface area contributed by atoms with Gasteiger partial charge in [-0.3, -0.25) is 4.79 Å². The second-order valence-electron chi connectivity index (χ2n) is 3.62. The lowest BCUT2D eigenvalue weighted by Gasteiger charge is -2.12. The molecule has 0 spiro atoms. The summed E-state index contributed by atoms with van der Waals surface area (Å²) in [5.74, 6) is -1.73. The van der Waals surface area contributed by atoms with Crippen molar-refractivity contribution in [1.82, 2.24) is 0 Å². The van der Waals surface area contributed by atoms with E-state index in [1.807, 2.05) is 0 Å². The van der Waals surface area contributed by atoms with Crippen LogP contribution in [0.5, 0.6) is 0 Å². The molecule has 0 aromatic heterocycles. The summed E-state index contributed by atoms with van der Waals surface area (Å²) in [6, 6.07) is 2.83. The van der Waals surface area contributed by atoms with E-state index in [4.69, 9.17) is 16.7 Å². The van der Waals surface area contributed by atoms with Crippen LogP contribution in [0.1, 0.15) is 30.4 Å². The summed E-state index contributed by atoms with van der Waals surface area (Å²) in [6.45, 7) is 3.44. The molecule has 0 radical (unpaired) electrons. The molecule has 0 saturated heterocycles. The third-order valence-electron chi connectivity index (χ3n) is 2.29. The number of halogens is 2. The van der Waals surface area contributed by atoms with Crippen LogP contribution in [-0.2, 0) is 4.79 Å². The van der Waals surface area contributed by atoms with E-state index in [2.05, 4.69) is 0 Å². The van der Waals surface area contributed by atoms with Crippen molar-refractivity contribution in [3.05, 3.63) is 34.1 Å². The van der Waals surface area contributed by atoms with Gasteiger partial charge in [-0.15, -0.1) is 0 Å². The number of carboxylic acid groups (broad SMARTS) is 1. The number of hydrogen-bond acceptors (Lipinski definition) is 1. The molecule has 2 nitrogen and oxygen atoms in total.